The summed E-state index contributed by atoms with van der Waals surface area (Å²) in [4.78, 5) is 3.96. The Morgan fingerprint density at radius 1 is 1.53 bits per heavy atom. The van der Waals surface area contributed by atoms with Crippen LogP contribution in [-0.4, -0.2) is 23.9 Å². The molecular formula is C11H15BrClNS. The highest BCUT2D eigenvalue weighted by Crippen LogP contribution is 2.25. The van der Waals surface area contributed by atoms with Crippen LogP contribution < -0.4 is 0 Å². The van der Waals surface area contributed by atoms with Crippen LogP contribution in [0, 0.1) is 5.92 Å². The summed E-state index contributed by atoms with van der Waals surface area (Å²) in [6, 6.07) is 4.34. The molecule has 0 spiro atoms. The molecule has 15 heavy (non-hydrogen) atoms. The molecule has 1 unspecified atom stereocenters. The molecule has 0 bridgehead atoms. The average molecular weight is 309 g/mol. The van der Waals surface area contributed by atoms with E-state index in [9.17, 15) is 0 Å². The first kappa shape index (κ1) is 11.9. The third kappa shape index (κ3) is 3.45. The summed E-state index contributed by atoms with van der Waals surface area (Å²) in [7, 11) is 0. The highest BCUT2D eigenvalue weighted by Gasteiger charge is 2.19. The molecule has 84 valence electrons. The Hall–Kier alpha value is 0.430. The van der Waals surface area contributed by atoms with Crippen LogP contribution in [-0.2, 0) is 6.54 Å². The predicted molar refractivity (Wildman–Crippen MR) is 70.7 cm³/mol. The second-order valence-corrected chi connectivity index (χ2v) is 6.96. The van der Waals surface area contributed by atoms with Crippen molar-refractivity contribution < 1.29 is 0 Å². The monoisotopic (exact) mass is 307 g/mol. The van der Waals surface area contributed by atoms with Gasteiger partial charge in [-0.1, -0.05) is 0 Å². The minimum atomic E-state index is 0.698. The van der Waals surface area contributed by atoms with Gasteiger partial charge in [0.2, 0.25) is 0 Å². The van der Waals surface area contributed by atoms with Crippen molar-refractivity contribution >= 4 is 38.9 Å². The van der Waals surface area contributed by atoms with Crippen molar-refractivity contribution in [1.29, 1.82) is 0 Å². The smallest absolute Gasteiger partial charge is 0.0701 e. The predicted octanol–water partition coefficient (Wildman–Crippen LogP) is 3.96. The fourth-order valence-electron chi connectivity index (χ4n) is 2.08. The number of likely N-dealkylation sites (tertiary alicyclic amines) is 1. The number of rotatable bonds is 3. The molecule has 2 rings (SSSR count). The number of hydrogen-bond donors (Lipinski definition) is 0. The Labute approximate surface area is 109 Å². The molecule has 0 aromatic carbocycles. The summed E-state index contributed by atoms with van der Waals surface area (Å²) >= 11 is 11.3. The van der Waals surface area contributed by atoms with Crippen LogP contribution in [0.1, 0.15) is 17.7 Å². The maximum atomic E-state index is 5.92. The van der Waals surface area contributed by atoms with E-state index in [1.807, 2.05) is 11.3 Å². The molecule has 1 aliphatic rings. The van der Waals surface area contributed by atoms with Gasteiger partial charge >= 0.3 is 0 Å². The summed E-state index contributed by atoms with van der Waals surface area (Å²) in [5.41, 5.74) is 0. The third-order valence-corrected chi connectivity index (χ3v) is 4.87. The SMILES string of the molecule is ClCC1CCCN(Cc2ccc(Br)s2)C1. The second kappa shape index (κ2) is 5.67. The van der Waals surface area contributed by atoms with Crippen LogP contribution in [0.5, 0.6) is 0 Å². The highest BCUT2D eigenvalue weighted by molar-refractivity contribution is 9.11. The minimum absolute atomic E-state index is 0.698. The van der Waals surface area contributed by atoms with E-state index in [1.165, 1.54) is 34.6 Å². The van der Waals surface area contributed by atoms with Crippen molar-refractivity contribution in [1.82, 2.24) is 4.90 Å². The van der Waals surface area contributed by atoms with Crippen molar-refractivity contribution in [3.8, 4) is 0 Å². The standard InChI is InChI=1S/C11H15BrClNS/c12-11-4-3-10(15-11)8-14-5-1-2-9(6-13)7-14/h3-4,9H,1-2,5-8H2. The quantitative estimate of drug-likeness (QED) is 0.764. The topological polar surface area (TPSA) is 3.24 Å². The first-order valence-corrected chi connectivity index (χ1v) is 7.45. The Kier molecular flexibility index (Phi) is 4.50. The molecular weight excluding hydrogens is 294 g/mol. The van der Waals surface area contributed by atoms with Crippen LogP contribution in [0.4, 0.5) is 0 Å². The molecule has 1 fully saturated rings. The molecule has 1 aromatic heterocycles. The van der Waals surface area contributed by atoms with E-state index in [0.29, 0.717) is 5.92 Å². The largest absolute Gasteiger partial charge is 0.298 e. The fraction of sp³-hybridized carbons (Fsp3) is 0.636. The zero-order chi connectivity index (χ0) is 10.7. The van der Waals surface area contributed by atoms with Gasteiger partial charge in [-0.2, -0.15) is 0 Å². The molecule has 1 nitrogen and oxygen atoms in total. The summed E-state index contributed by atoms with van der Waals surface area (Å²) < 4.78 is 1.23. The normalized spacial score (nSPS) is 23.2. The molecule has 1 aromatic rings. The van der Waals surface area contributed by atoms with E-state index in [-0.39, 0.29) is 0 Å². The van der Waals surface area contributed by atoms with E-state index >= 15 is 0 Å². The molecule has 4 heteroatoms. The van der Waals surface area contributed by atoms with E-state index < -0.39 is 0 Å². The Bertz CT molecular complexity index is 315. The zero-order valence-electron chi connectivity index (χ0n) is 8.59. The lowest BCUT2D eigenvalue weighted by atomic mass is 10.0. The average Bonchev–Trinajstić information content (AvgIpc) is 2.64. The maximum Gasteiger partial charge on any atom is 0.0701 e. The number of piperidine rings is 1. The highest BCUT2D eigenvalue weighted by atomic mass is 79.9. The van der Waals surface area contributed by atoms with Crippen molar-refractivity contribution in [3.63, 3.8) is 0 Å². The molecule has 0 radical (unpaired) electrons. The van der Waals surface area contributed by atoms with E-state index in [2.05, 4.69) is 33.0 Å². The van der Waals surface area contributed by atoms with Crippen LogP contribution in [0.3, 0.4) is 0 Å². The summed E-state index contributed by atoms with van der Waals surface area (Å²) in [5.74, 6) is 1.51. The van der Waals surface area contributed by atoms with Crippen molar-refractivity contribution in [2.45, 2.75) is 19.4 Å². The zero-order valence-corrected chi connectivity index (χ0v) is 11.7. The molecule has 0 aliphatic carbocycles. The van der Waals surface area contributed by atoms with E-state index in [4.69, 9.17) is 11.6 Å². The van der Waals surface area contributed by atoms with Crippen molar-refractivity contribution in [2.75, 3.05) is 19.0 Å². The van der Waals surface area contributed by atoms with Gasteiger partial charge in [0.05, 0.1) is 3.79 Å². The molecule has 1 aliphatic heterocycles. The van der Waals surface area contributed by atoms with E-state index in [0.717, 1.165) is 12.4 Å². The molecule has 1 saturated heterocycles. The number of thiophene rings is 1. The van der Waals surface area contributed by atoms with Gasteiger partial charge in [0.1, 0.15) is 0 Å². The van der Waals surface area contributed by atoms with Crippen molar-refractivity contribution in [3.05, 3.63) is 20.8 Å². The van der Waals surface area contributed by atoms with Gasteiger partial charge in [-0.25, -0.2) is 0 Å². The van der Waals surface area contributed by atoms with Gasteiger partial charge < -0.3 is 0 Å². The minimum Gasteiger partial charge on any atom is -0.298 e. The fourth-order valence-corrected chi connectivity index (χ4v) is 3.86. The molecule has 0 amide bonds. The van der Waals surface area contributed by atoms with Gasteiger partial charge in [0.15, 0.2) is 0 Å². The van der Waals surface area contributed by atoms with Gasteiger partial charge in [0.25, 0.3) is 0 Å². The van der Waals surface area contributed by atoms with E-state index in [1.54, 1.807) is 0 Å². The summed E-state index contributed by atoms with van der Waals surface area (Å²) in [5, 5.41) is 0. The van der Waals surface area contributed by atoms with Crippen LogP contribution in [0.15, 0.2) is 15.9 Å². The first-order valence-electron chi connectivity index (χ1n) is 5.30. The van der Waals surface area contributed by atoms with Gasteiger partial charge in [-0.15, -0.1) is 22.9 Å². The van der Waals surface area contributed by atoms with Crippen LogP contribution in [0.25, 0.3) is 0 Å². The molecule has 0 N–H and O–H groups in total. The summed E-state index contributed by atoms with van der Waals surface area (Å²) in [6.45, 7) is 3.48. The number of halogens is 2. The number of alkyl halides is 1. The van der Waals surface area contributed by atoms with Gasteiger partial charge in [0, 0.05) is 23.8 Å². The summed E-state index contributed by atoms with van der Waals surface area (Å²) in [6.07, 6.45) is 2.60. The number of nitrogens with zero attached hydrogens (tertiary/aromatic N) is 1. The lowest BCUT2D eigenvalue weighted by Gasteiger charge is -2.31. The second-order valence-electron chi connectivity index (χ2n) is 4.10. The third-order valence-electron chi connectivity index (χ3n) is 2.83. The maximum absolute atomic E-state index is 5.92. The molecule has 1 atom stereocenters. The lowest BCUT2D eigenvalue weighted by Crippen LogP contribution is -2.35. The van der Waals surface area contributed by atoms with Gasteiger partial charge in [-0.05, 0) is 53.4 Å². The lowest BCUT2D eigenvalue weighted by molar-refractivity contribution is 0.179. The van der Waals surface area contributed by atoms with Crippen LogP contribution >= 0.6 is 38.9 Å². The first-order chi connectivity index (χ1) is 7.28. The number of hydrogen-bond acceptors (Lipinski definition) is 2. The Balaban J connectivity index is 1.88. The van der Waals surface area contributed by atoms with Crippen LogP contribution in [0.2, 0.25) is 0 Å². The molecule has 0 saturated carbocycles. The Morgan fingerprint density at radius 2 is 2.40 bits per heavy atom. The van der Waals surface area contributed by atoms with Crippen molar-refractivity contribution in [2.24, 2.45) is 5.92 Å². The van der Waals surface area contributed by atoms with Gasteiger partial charge in [-0.3, -0.25) is 4.90 Å². The molecule has 2 heterocycles. The Morgan fingerprint density at radius 3 is 3.07 bits per heavy atom.